The molecule has 0 radical (unpaired) electrons. The molecule has 0 spiro atoms. The Morgan fingerprint density at radius 3 is 2.72 bits per heavy atom. The SMILES string of the molecule is CC(CO)NC(=O)CC1CC=CCCCCC(=O)OCC(CCCCNC(=O)OCc2ccccc2)NC1=O. The van der Waals surface area contributed by atoms with E-state index in [0.717, 1.165) is 24.8 Å². The molecule has 216 valence electrons. The number of aliphatic hydroxyl groups is 1. The number of amides is 3. The van der Waals surface area contributed by atoms with Crippen LogP contribution in [0.4, 0.5) is 4.79 Å². The van der Waals surface area contributed by atoms with Crippen molar-refractivity contribution >= 4 is 23.9 Å². The smallest absolute Gasteiger partial charge is 0.407 e. The second-order valence-corrected chi connectivity index (χ2v) is 9.88. The maximum Gasteiger partial charge on any atom is 0.407 e. The molecule has 0 bridgehead atoms. The number of ether oxygens (including phenoxy) is 2. The maximum absolute atomic E-state index is 13.1. The van der Waals surface area contributed by atoms with Crippen molar-refractivity contribution in [1.82, 2.24) is 16.0 Å². The predicted octanol–water partition coefficient (Wildman–Crippen LogP) is 3.13. The molecule has 1 aliphatic heterocycles. The van der Waals surface area contributed by atoms with Crippen LogP contribution in [0.1, 0.15) is 70.3 Å². The molecule has 3 amide bonds. The minimum atomic E-state index is -0.589. The molecule has 10 nitrogen and oxygen atoms in total. The summed E-state index contributed by atoms with van der Waals surface area (Å²) in [5.41, 5.74) is 0.904. The van der Waals surface area contributed by atoms with Gasteiger partial charge in [-0.1, -0.05) is 42.5 Å². The van der Waals surface area contributed by atoms with Crippen molar-refractivity contribution in [2.45, 2.75) is 83.4 Å². The summed E-state index contributed by atoms with van der Waals surface area (Å²) < 4.78 is 10.6. The quantitative estimate of drug-likeness (QED) is 0.190. The second kappa shape index (κ2) is 18.8. The summed E-state index contributed by atoms with van der Waals surface area (Å²) in [6.45, 7) is 2.15. The zero-order chi connectivity index (χ0) is 28.3. The number of allylic oxidation sites excluding steroid dienone is 2. The number of hydrogen-bond donors (Lipinski definition) is 4. The van der Waals surface area contributed by atoms with Gasteiger partial charge >= 0.3 is 12.1 Å². The standard InChI is InChI=1S/C29H43N3O7/c1-22(19-33)31-26(34)18-24-14-8-3-2-4-9-16-27(35)38-21-25(32-28(24)36)15-10-11-17-30-29(37)39-20-23-12-6-5-7-13-23/h3,5-8,12-13,22,24-25,33H,2,4,9-11,14-21H2,1H3,(H,30,37)(H,31,34)(H,32,36). The number of aliphatic hydroxyl groups excluding tert-OH is 1. The van der Waals surface area contributed by atoms with Gasteiger partial charge in [-0.05, 0) is 57.4 Å². The van der Waals surface area contributed by atoms with Crippen LogP contribution in [-0.2, 0) is 30.5 Å². The molecule has 0 saturated heterocycles. The molecule has 4 N–H and O–H groups in total. The number of carbonyl (C=O) groups excluding carboxylic acids is 4. The molecule has 0 aromatic heterocycles. The van der Waals surface area contributed by atoms with E-state index < -0.39 is 24.1 Å². The summed E-state index contributed by atoms with van der Waals surface area (Å²) in [6.07, 6.45) is 8.31. The van der Waals surface area contributed by atoms with Gasteiger partial charge in [-0.15, -0.1) is 0 Å². The third-order valence-electron chi connectivity index (χ3n) is 6.33. The molecule has 1 aliphatic rings. The van der Waals surface area contributed by atoms with E-state index in [1.54, 1.807) is 6.92 Å². The van der Waals surface area contributed by atoms with E-state index in [-0.39, 0.29) is 44.0 Å². The fourth-order valence-corrected chi connectivity index (χ4v) is 4.06. The number of benzene rings is 1. The first-order chi connectivity index (χ1) is 18.9. The minimum absolute atomic E-state index is 0.0119. The Labute approximate surface area is 230 Å². The summed E-state index contributed by atoms with van der Waals surface area (Å²) in [7, 11) is 0. The number of carbonyl (C=O) groups is 4. The molecule has 10 heteroatoms. The molecule has 3 atom stereocenters. The first kappa shape index (κ1) is 31.8. The first-order valence-corrected chi connectivity index (χ1v) is 13.8. The van der Waals surface area contributed by atoms with Gasteiger partial charge in [0.15, 0.2) is 0 Å². The summed E-state index contributed by atoms with van der Waals surface area (Å²) in [5, 5.41) is 17.6. The lowest BCUT2D eigenvalue weighted by Crippen LogP contribution is -2.44. The number of esters is 1. The van der Waals surface area contributed by atoms with Crippen LogP contribution < -0.4 is 16.0 Å². The Bertz CT molecular complexity index is 923. The van der Waals surface area contributed by atoms with Crippen molar-refractivity contribution in [3.05, 3.63) is 48.0 Å². The van der Waals surface area contributed by atoms with Gasteiger partial charge < -0.3 is 30.5 Å². The molecular formula is C29H43N3O7. The van der Waals surface area contributed by atoms with E-state index in [1.165, 1.54) is 0 Å². The Balaban J connectivity index is 1.87. The van der Waals surface area contributed by atoms with Gasteiger partial charge in [0.1, 0.15) is 13.2 Å². The summed E-state index contributed by atoms with van der Waals surface area (Å²) in [5.74, 6) is -1.48. The van der Waals surface area contributed by atoms with Crippen LogP contribution in [0.2, 0.25) is 0 Å². The van der Waals surface area contributed by atoms with Gasteiger partial charge in [0.05, 0.1) is 18.6 Å². The zero-order valence-corrected chi connectivity index (χ0v) is 22.9. The highest BCUT2D eigenvalue weighted by Crippen LogP contribution is 2.14. The van der Waals surface area contributed by atoms with Crippen LogP contribution in [0.5, 0.6) is 0 Å². The van der Waals surface area contributed by atoms with Gasteiger partial charge in [-0.2, -0.15) is 0 Å². The molecule has 1 aromatic rings. The fraction of sp³-hybridized carbons (Fsp3) is 0.586. The van der Waals surface area contributed by atoms with Crippen molar-refractivity contribution in [1.29, 1.82) is 0 Å². The first-order valence-electron chi connectivity index (χ1n) is 13.8. The van der Waals surface area contributed by atoms with E-state index in [2.05, 4.69) is 16.0 Å². The Kier molecular flexibility index (Phi) is 15.3. The molecule has 2 rings (SSSR count). The Morgan fingerprint density at radius 2 is 1.95 bits per heavy atom. The van der Waals surface area contributed by atoms with Gasteiger partial charge in [0, 0.05) is 25.4 Å². The van der Waals surface area contributed by atoms with Crippen LogP contribution in [-0.4, -0.2) is 60.8 Å². The van der Waals surface area contributed by atoms with Crippen LogP contribution in [0, 0.1) is 5.92 Å². The summed E-state index contributed by atoms with van der Waals surface area (Å²) in [4.78, 5) is 49.6. The van der Waals surface area contributed by atoms with Crippen molar-refractivity contribution < 1.29 is 33.8 Å². The van der Waals surface area contributed by atoms with E-state index in [1.807, 2.05) is 42.5 Å². The molecule has 39 heavy (non-hydrogen) atoms. The number of nitrogens with one attached hydrogen (secondary N) is 3. The maximum atomic E-state index is 13.1. The van der Waals surface area contributed by atoms with Crippen molar-refractivity contribution in [3.63, 3.8) is 0 Å². The van der Waals surface area contributed by atoms with Crippen LogP contribution in [0.15, 0.2) is 42.5 Å². The molecular weight excluding hydrogens is 502 g/mol. The minimum Gasteiger partial charge on any atom is -0.463 e. The predicted molar refractivity (Wildman–Crippen MR) is 146 cm³/mol. The molecule has 1 heterocycles. The zero-order valence-electron chi connectivity index (χ0n) is 22.9. The third kappa shape index (κ3) is 14.4. The van der Waals surface area contributed by atoms with Crippen molar-refractivity contribution in [2.75, 3.05) is 19.8 Å². The largest absolute Gasteiger partial charge is 0.463 e. The summed E-state index contributed by atoms with van der Waals surface area (Å²) in [6, 6.07) is 8.59. The van der Waals surface area contributed by atoms with Crippen LogP contribution >= 0.6 is 0 Å². The van der Waals surface area contributed by atoms with Gasteiger partial charge in [-0.25, -0.2) is 4.79 Å². The summed E-state index contributed by atoms with van der Waals surface area (Å²) >= 11 is 0. The van der Waals surface area contributed by atoms with Crippen LogP contribution in [0.25, 0.3) is 0 Å². The van der Waals surface area contributed by atoms with Crippen molar-refractivity contribution in [2.24, 2.45) is 5.92 Å². The van der Waals surface area contributed by atoms with Gasteiger partial charge in [-0.3, -0.25) is 14.4 Å². The fourth-order valence-electron chi connectivity index (χ4n) is 4.06. The van der Waals surface area contributed by atoms with Crippen LogP contribution in [0.3, 0.4) is 0 Å². The average molecular weight is 546 g/mol. The number of unbranched alkanes of at least 4 members (excludes halogenated alkanes) is 1. The topological polar surface area (TPSA) is 143 Å². The normalized spacial score (nSPS) is 19.6. The van der Waals surface area contributed by atoms with E-state index in [0.29, 0.717) is 38.6 Å². The highest BCUT2D eigenvalue weighted by atomic mass is 16.5. The molecule has 0 saturated carbocycles. The molecule has 0 aliphatic carbocycles. The number of alkyl carbamates (subject to hydrolysis) is 1. The third-order valence-corrected chi connectivity index (χ3v) is 6.33. The second-order valence-electron chi connectivity index (χ2n) is 9.88. The van der Waals surface area contributed by atoms with E-state index in [9.17, 15) is 24.3 Å². The average Bonchev–Trinajstić information content (AvgIpc) is 2.93. The van der Waals surface area contributed by atoms with E-state index in [4.69, 9.17) is 9.47 Å². The number of rotatable bonds is 11. The molecule has 0 fully saturated rings. The Morgan fingerprint density at radius 1 is 1.15 bits per heavy atom. The molecule has 3 unspecified atom stereocenters. The Hall–Kier alpha value is -3.40. The lowest BCUT2D eigenvalue weighted by Gasteiger charge is -2.23. The van der Waals surface area contributed by atoms with Crippen molar-refractivity contribution in [3.8, 4) is 0 Å². The highest BCUT2D eigenvalue weighted by Gasteiger charge is 2.24. The van der Waals surface area contributed by atoms with Gasteiger partial charge in [0.2, 0.25) is 11.8 Å². The number of cyclic esters (lactones) is 1. The lowest BCUT2D eigenvalue weighted by molar-refractivity contribution is -0.145. The monoisotopic (exact) mass is 545 g/mol. The van der Waals surface area contributed by atoms with Gasteiger partial charge in [0.25, 0.3) is 0 Å². The van der Waals surface area contributed by atoms with E-state index >= 15 is 0 Å². The number of hydrogen-bond acceptors (Lipinski definition) is 7. The highest BCUT2D eigenvalue weighted by molar-refractivity contribution is 5.86. The molecule has 1 aromatic carbocycles. The lowest BCUT2D eigenvalue weighted by atomic mass is 9.97.